The van der Waals surface area contributed by atoms with Crippen molar-refractivity contribution in [2.24, 2.45) is 0 Å². The Morgan fingerprint density at radius 2 is 1.79 bits per heavy atom. The number of benzene rings is 1. The molecule has 0 saturated heterocycles. The first-order valence-corrected chi connectivity index (χ1v) is 5.91. The summed E-state index contributed by atoms with van der Waals surface area (Å²) in [4.78, 5) is 1.05. The van der Waals surface area contributed by atoms with Gasteiger partial charge >= 0.3 is 0 Å². The minimum absolute atomic E-state index is 0.111. The van der Waals surface area contributed by atoms with E-state index in [9.17, 15) is 4.39 Å². The Morgan fingerprint density at radius 3 is 2.29 bits per heavy atom. The molecule has 0 unspecified atom stereocenters. The van der Waals surface area contributed by atoms with E-state index in [0.717, 1.165) is 10.5 Å². The monoisotopic (exact) mass is 214 g/mol. The van der Waals surface area contributed by atoms with Crippen molar-refractivity contribution in [3.63, 3.8) is 0 Å². The lowest BCUT2D eigenvalue weighted by Crippen LogP contribution is -1.90. The second-order valence-corrected chi connectivity index (χ2v) is 4.65. The average Bonchev–Trinajstić information content (AvgIpc) is 2.16. The van der Waals surface area contributed by atoms with E-state index in [1.165, 1.54) is 6.07 Å². The molecule has 0 N–H and O–H groups in total. The van der Waals surface area contributed by atoms with Gasteiger partial charge in [-0.15, -0.1) is 11.8 Å². The van der Waals surface area contributed by atoms with Gasteiger partial charge in [-0.3, -0.25) is 0 Å². The molecule has 0 heterocycles. The van der Waals surface area contributed by atoms with E-state index in [1.54, 1.807) is 17.8 Å². The van der Waals surface area contributed by atoms with Crippen molar-refractivity contribution >= 4 is 11.8 Å². The van der Waals surface area contributed by atoms with E-state index < -0.39 is 0 Å². The van der Waals surface area contributed by atoms with Crippen LogP contribution in [0.4, 0.5) is 4.39 Å². The molecule has 0 atom stereocenters. The van der Waals surface area contributed by atoms with Crippen molar-refractivity contribution in [1.29, 1.82) is 0 Å². The molecule has 1 rings (SSSR count). The molecule has 2 heteroatoms. The van der Waals surface area contributed by atoms with Gasteiger partial charge < -0.3 is 0 Å². The maximum absolute atomic E-state index is 13.0. The highest BCUT2D eigenvalue weighted by molar-refractivity contribution is 8.00. The lowest BCUT2D eigenvalue weighted by molar-refractivity contribution is 0.613. The second kappa shape index (κ2) is 6.88. The van der Waals surface area contributed by atoms with Crippen LogP contribution in [0.2, 0.25) is 0 Å². The van der Waals surface area contributed by atoms with Crippen molar-refractivity contribution in [3.05, 3.63) is 29.6 Å². The normalized spacial score (nSPS) is 9.64. The van der Waals surface area contributed by atoms with Crippen LogP contribution in [0.25, 0.3) is 0 Å². The highest BCUT2D eigenvalue weighted by atomic mass is 32.2. The molecule has 0 radical (unpaired) electrons. The third-order valence-corrected chi connectivity index (χ3v) is 2.75. The standard InChI is InChI=1S/C10H13FS.C2H6/c1-7(2)12-10-6-4-5-9(11)8(10)3;1-2/h4-7H,1-3H3;1-2H3. The van der Waals surface area contributed by atoms with E-state index in [4.69, 9.17) is 0 Å². The van der Waals surface area contributed by atoms with Gasteiger partial charge in [-0.25, -0.2) is 4.39 Å². The van der Waals surface area contributed by atoms with Crippen LogP contribution in [-0.2, 0) is 0 Å². The summed E-state index contributed by atoms with van der Waals surface area (Å²) in [5, 5.41) is 0.505. The third kappa shape index (κ3) is 4.14. The smallest absolute Gasteiger partial charge is 0.127 e. The summed E-state index contributed by atoms with van der Waals surface area (Å²) in [6.07, 6.45) is 0. The molecule has 80 valence electrons. The lowest BCUT2D eigenvalue weighted by atomic mass is 10.2. The van der Waals surface area contributed by atoms with Gasteiger partial charge in [-0.2, -0.15) is 0 Å². The van der Waals surface area contributed by atoms with E-state index in [0.29, 0.717) is 5.25 Å². The summed E-state index contributed by atoms with van der Waals surface area (Å²) in [6, 6.07) is 5.22. The lowest BCUT2D eigenvalue weighted by Gasteiger charge is -2.07. The van der Waals surface area contributed by atoms with Gasteiger partial charge in [0.2, 0.25) is 0 Å². The van der Waals surface area contributed by atoms with Crippen LogP contribution in [0.1, 0.15) is 33.3 Å². The molecule has 0 fully saturated rings. The fourth-order valence-corrected chi connectivity index (χ4v) is 1.91. The number of halogens is 1. The van der Waals surface area contributed by atoms with Crippen molar-refractivity contribution in [2.45, 2.75) is 44.8 Å². The van der Waals surface area contributed by atoms with Crippen molar-refractivity contribution in [1.82, 2.24) is 0 Å². The Hall–Kier alpha value is -0.500. The van der Waals surface area contributed by atoms with E-state index in [1.807, 2.05) is 26.8 Å². The largest absolute Gasteiger partial charge is 0.207 e. The molecule has 0 aliphatic rings. The molecule has 14 heavy (non-hydrogen) atoms. The molecule has 1 aromatic rings. The zero-order valence-electron chi connectivity index (χ0n) is 9.60. The van der Waals surface area contributed by atoms with Crippen molar-refractivity contribution in [2.75, 3.05) is 0 Å². The minimum atomic E-state index is -0.111. The average molecular weight is 214 g/mol. The van der Waals surface area contributed by atoms with Gasteiger partial charge in [-0.05, 0) is 24.6 Å². The summed E-state index contributed by atoms with van der Waals surface area (Å²) < 4.78 is 13.0. The Morgan fingerprint density at radius 1 is 1.21 bits per heavy atom. The van der Waals surface area contributed by atoms with E-state index in [-0.39, 0.29) is 5.82 Å². The first kappa shape index (κ1) is 13.5. The zero-order valence-corrected chi connectivity index (χ0v) is 10.4. The number of hydrogen-bond donors (Lipinski definition) is 0. The van der Waals surface area contributed by atoms with E-state index in [2.05, 4.69) is 13.8 Å². The van der Waals surface area contributed by atoms with Crippen LogP contribution in [-0.4, -0.2) is 5.25 Å². The predicted octanol–water partition coefficient (Wildman–Crippen LogP) is 4.66. The maximum atomic E-state index is 13.0. The topological polar surface area (TPSA) is 0 Å². The molecule has 0 bridgehead atoms. The first-order valence-electron chi connectivity index (χ1n) is 5.03. The molecule has 0 aliphatic heterocycles. The summed E-state index contributed by atoms with van der Waals surface area (Å²) in [5.41, 5.74) is 0.760. The van der Waals surface area contributed by atoms with Gasteiger partial charge in [0, 0.05) is 10.1 Å². The molecular formula is C12H19FS. The molecular weight excluding hydrogens is 195 g/mol. The molecule has 0 aromatic heterocycles. The molecule has 0 amide bonds. The van der Waals surface area contributed by atoms with Crippen molar-refractivity contribution in [3.8, 4) is 0 Å². The highest BCUT2D eigenvalue weighted by Crippen LogP contribution is 2.27. The Balaban J connectivity index is 0.000000791. The SMILES string of the molecule is CC.Cc1c(F)cccc1SC(C)C. The molecule has 1 aromatic carbocycles. The minimum Gasteiger partial charge on any atom is -0.207 e. The van der Waals surface area contributed by atoms with Gasteiger partial charge in [0.15, 0.2) is 0 Å². The zero-order chi connectivity index (χ0) is 11.1. The third-order valence-electron chi connectivity index (χ3n) is 1.58. The maximum Gasteiger partial charge on any atom is 0.127 e. The van der Waals surface area contributed by atoms with Crippen LogP contribution in [0, 0.1) is 12.7 Å². The second-order valence-electron chi connectivity index (χ2n) is 3.03. The van der Waals surface area contributed by atoms with Crippen LogP contribution in [0.15, 0.2) is 23.1 Å². The summed E-state index contributed by atoms with van der Waals surface area (Å²) >= 11 is 1.70. The van der Waals surface area contributed by atoms with Crippen LogP contribution in [0.5, 0.6) is 0 Å². The number of hydrogen-bond acceptors (Lipinski definition) is 1. The first-order chi connectivity index (χ1) is 6.61. The van der Waals surface area contributed by atoms with Crippen LogP contribution >= 0.6 is 11.8 Å². The van der Waals surface area contributed by atoms with Gasteiger partial charge in [-0.1, -0.05) is 33.8 Å². The van der Waals surface area contributed by atoms with Crippen LogP contribution in [0.3, 0.4) is 0 Å². The summed E-state index contributed by atoms with van der Waals surface area (Å²) in [5.74, 6) is -0.111. The Labute approximate surface area is 90.9 Å². The summed E-state index contributed by atoms with van der Waals surface area (Å²) in [7, 11) is 0. The highest BCUT2D eigenvalue weighted by Gasteiger charge is 2.04. The predicted molar refractivity (Wildman–Crippen MR) is 63.5 cm³/mol. The van der Waals surface area contributed by atoms with Crippen molar-refractivity contribution < 1.29 is 4.39 Å². The number of thioether (sulfide) groups is 1. The molecule has 0 spiro atoms. The van der Waals surface area contributed by atoms with Gasteiger partial charge in [0.25, 0.3) is 0 Å². The van der Waals surface area contributed by atoms with E-state index >= 15 is 0 Å². The Kier molecular flexibility index (Phi) is 6.64. The molecule has 0 saturated carbocycles. The van der Waals surface area contributed by atoms with Crippen LogP contribution < -0.4 is 0 Å². The fourth-order valence-electron chi connectivity index (χ4n) is 0.969. The van der Waals surface area contributed by atoms with Gasteiger partial charge in [0.05, 0.1) is 0 Å². The summed E-state index contributed by atoms with van der Waals surface area (Å²) in [6.45, 7) is 10.0. The molecule has 0 nitrogen and oxygen atoms in total. The number of rotatable bonds is 2. The quantitative estimate of drug-likeness (QED) is 0.645. The molecule has 0 aliphatic carbocycles. The Bertz CT molecular complexity index is 269. The van der Waals surface area contributed by atoms with Gasteiger partial charge in [0.1, 0.15) is 5.82 Å². The fraction of sp³-hybridized carbons (Fsp3) is 0.500.